The quantitative estimate of drug-likeness (QED) is 0.641. The van der Waals surface area contributed by atoms with Gasteiger partial charge in [-0.3, -0.25) is 10.4 Å². The number of hydrogen-bond acceptors (Lipinski definition) is 2. The largest absolute Gasteiger partial charge is 0.384 e. The molecular weight excluding hydrogens is 246 g/mol. The van der Waals surface area contributed by atoms with E-state index in [-0.39, 0.29) is 11.8 Å². The maximum absolute atomic E-state index is 7.70. The van der Waals surface area contributed by atoms with Crippen molar-refractivity contribution in [3.05, 3.63) is 40.0 Å². The zero-order chi connectivity index (χ0) is 13.4. The molecule has 1 aromatic carbocycles. The van der Waals surface area contributed by atoms with Gasteiger partial charge in [0.25, 0.3) is 0 Å². The van der Waals surface area contributed by atoms with Crippen LogP contribution in [0.25, 0.3) is 10.9 Å². The fraction of sp³-hybridized carbons (Fsp3) is 0.286. The van der Waals surface area contributed by atoms with Gasteiger partial charge in [0, 0.05) is 21.7 Å². The van der Waals surface area contributed by atoms with Crippen LogP contribution in [-0.2, 0) is 0 Å². The molecule has 1 heterocycles. The Morgan fingerprint density at radius 1 is 1.39 bits per heavy atom. The van der Waals surface area contributed by atoms with Crippen molar-refractivity contribution in [3.63, 3.8) is 0 Å². The standard InChI is InChI=1S/C14H16ClN3/c1-7(2)12-6-10(14(16)17)9-4-5-11(15)8(3)13(9)18-12/h4-7H,1-3H3,(H3,16,17). The number of amidine groups is 1. The number of nitrogens with one attached hydrogen (secondary N) is 1. The van der Waals surface area contributed by atoms with Crippen LogP contribution in [0.3, 0.4) is 0 Å². The van der Waals surface area contributed by atoms with Crippen LogP contribution in [0.2, 0.25) is 5.02 Å². The summed E-state index contributed by atoms with van der Waals surface area (Å²) in [4.78, 5) is 4.64. The third kappa shape index (κ3) is 2.06. The topological polar surface area (TPSA) is 62.8 Å². The molecule has 3 N–H and O–H groups in total. The highest BCUT2D eigenvalue weighted by Crippen LogP contribution is 2.28. The molecule has 0 bridgehead atoms. The van der Waals surface area contributed by atoms with E-state index in [2.05, 4.69) is 18.8 Å². The van der Waals surface area contributed by atoms with Crippen LogP contribution in [0.15, 0.2) is 18.2 Å². The van der Waals surface area contributed by atoms with E-state index in [1.54, 1.807) is 0 Å². The lowest BCUT2D eigenvalue weighted by Gasteiger charge is -2.13. The number of aryl methyl sites for hydroxylation is 1. The first kappa shape index (κ1) is 12.8. The van der Waals surface area contributed by atoms with E-state index >= 15 is 0 Å². The zero-order valence-corrected chi connectivity index (χ0v) is 11.5. The number of aromatic nitrogens is 1. The second-order valence-corrected chi connectivity index (χ2v) is 5.14. The summed E-state index contributed by atoms with van der Waals surface area (Å²) in [6.45, 7) is 6.07. The first-order chi connectivity index (χ1) is 8.41. The van der Waals surface area contributed by atoms with Gasteiger partial charge in [0.2, 0.25) is 0 Å². The Morgan fingerprint density at radius 2 is 2.06 bits per heavy atom. The molecule has 0 atom stereocenters. The molecule has 1 aromatic heterocycles. The lowest BCUT2D eigenvalue weighted by Crippen LogP contribution is -2.13. The van der Waals surface area contributed by atoms with Gasteiger partial charge in [-0.15, -0.1) is 0 Å². The normalized spacial score (nSPS) is 11.2. The van der Waals surface area contributed by atoms with Crippen LogP contribution in [0.4, 0.5) is 0 Å². The van der Waals surface area contributed by atoms with E-state index in [9.17, 15) is 0 Å². The molecule has 0 amide bonds. The molecule has 0 spiro atoms. The average Bonchev–Trinajstić information content (AvgIpc) is 2.32. The molecule has 0 radical (unpaired) electrons. The van der Waals surface area contributed by atoms with Crippen LogP contribution < -0.4 is 5.73 Å². The van der Waals surface area contributed by atoms with E-state index in [0.717, 1.165) is 27.7 Å². The molecule has 2 rings (SSSR count). The number of nitrogen functional groups attached to an aromatic ring is 1. The summed E-state index contributed by atoms with van der Waals surface area (Å²) in [6.07, 6.45) is 0. The SMILES string of the molecule is Cc1c(Cl)ccc2c(C(=N)N)cc(C(C)C)nc12. The van der Waals surface area contributed by atoms with Crippen molar-refractivity contribution in [3.8, 4) is 0 Å². The molecule has 0 aliphatic heterocycles. The highest BCUT2D eigenvalue weighted by Gasteiger charge is 2.13. The summed E-state index contributed by atoms with van der Waals surface area (Å²) in [5, 5.41) is 9.26. The van der Waals surface area contributed by atoms with Crippen LogP contribution in [-0.4, -0.2) is 10.8 Å². The van der Waals surface area contributed by atoms with Crippen molar-refractivity contribution >= 4 is 28.3 Å². The number of benzene rings is 1. The van der Waals surface area contributed by atoms with E-state index in [4.69, 9.17) is 22.7 Å². The predicted molar refractivity (Wildman–Crippen MR) is 76.6 cm³/mol. The Balaban J connectivity index is 2.90. The molecular formula is C14H16ClN3. The number of nitrogens with two attached hydrogens (primary N) is 1. The molecule has 0 aliphatic carbocycles. The summed E-state index contributed by atoms with van der Waals surface area (Å²) in [5.74, 6) is 0.344. The van der Waals surface area contributed by atoms with Crippen LogP contribution in [0, 0.1) is 12.3 Å². The average molecular weight is 262 g/mol. The minimum atomic E-state index is 0.0611. The number of pyridine rings is 1. The Labute approximate surface area is 111 Å². The first-order valence-corrected chi connectivity index (χ1v) is 6.23. The van der Waals surface area contributed by atoms with Crippen molar-refractivity contribution in [1.29, 1.82) is 5.41 Å². The van der Waals surface area contributed by atoms with E-state index in [1.165, 1.54) is 0 Å². The molecule has 4 heteroatoms. The monoisotopic (exact) mass is 261 g/mol. The Bertz CT molecular complexity index is 632. The van der Waals surface area contributed by atoms with Crippen molar-refractivity contribution in [2.24, 2.45) is 5.73 Å². The summed E-state index contributed by atoms with van der Waals surface area (Å²) in [5.41, 5.74) is 9.08. The van der Waals surface area contributed by atoms with Gasteiger partial charge in [-0.25, -0.2) is 0 Å². The van der Waals surface area contributed by atoms with Crippen LogP contribution in [0.1, 0.15) is 36.6 Å². The van der Waals surface area contributed by atoms with Gasteiger partial charge in [-0.2, -0.15) is 0 Å². The number of halogens is 1. The van der Waals surface area contributed by atoms with Crippen molar-refractivity contribution in [2.45, 2.75) is 26.7 Å². The maximum Gasteiger partial charge on any atom is 0.123 e. The second kappa shape index (κ2) is 4.58. The third-order valence-electron chi connectivity index (χ3n) is 3.07. The first-order valence-electron chi connectivity index (χ1n) is 5.86. The number of fused-ring (bicyclic) bond motifs is 1. The van der Waals surface area contributed by atoms with Gasteiger partial charge >= 0.3 is 0 Å². The summed E-state index contributed by atoms with van der Waals surface area (Å²) < 4.78 is 0. The Kier molecular flexibility index (Phi) is 3.26. The molecule has 0 saturated carbocycles. The number of nitrogens with zero attached hydrogens (tertiary/aromatic N) is 1. The lowest BCUT2D eigenvalue weighted by atomic mass is 10.0. The molecule has 0 aliphatic rings. The molecule has 2 aromatic rings. The third-order valence-corrected chi connectivity index (χ3v) is 3.48. The van der Waals surface area contributed by atoms with Crippen LogP contribution in [0.5, 0.6) is 0 Å². The smallest absolute Gasteiger partial charge is 0.123 e. The van der Waals surface area contributed by atoms with Gasteiger partial charge in [0.1, 0.15) is 5.84 Å². The summed E-state index contributed by atoms with van der Waals surface area (Å²) in [6, 6.07) is 5.59. The lowest BCUT2D eigenvalue weighted by molar-refractivity contribution is 0.829. The fourth-order valence-electron chi connectivity index (χ4n) is 1.94. The Morgan fingerprint density at radius 3 is 2.61 bits per heavy atom. The van der Waals surface area contributed by atoms with E-state index in [0.29, 0.717) is 5.02 Å². The molecule has 0 saturated heterocycles. The number of rotatable bonds is 2. The van der Waals surface area contributed by atoms with Gasteiger partial charge in [-0.05, 0) is 30.5 Å². The molecule has 0 fully saturated rings. The highest BCUT2D eigenvalue weighted by atomic mass is 35.5. The predicted octanol–water partition coefficient (Wildman–Crippen LogP) is 3.60. The van der Waals surface area contributed by atoms with Crippen molar-refractivity contribution < 1.29 is 0 Å². The van der Waals surface area contributed by atoms with E-state index < -0.39 is 0 Å². The Hall–Kier alpha value is -1.61. The van der Waals surface area contributed by atoms with Crippen molar-refractivity contribution in [1.82, 2.24) is 4.98 Å². The highest BCUT2D eigenvalue weighted by molar-refractivity contribution is 6.32. The van der Waals surface area contributed by atoms with Crippen LogP contribution >= 0.6 is 11.6 Å². The van der Waals surface area contributed by atoms with Gasteiger partial charge in [0.05, 0.1) is 5.52 Å². The minimum absolute atomic E-state index is 0.0611. The number of hydrogen-bond donors (Lipinski definition) is 2. The molecule has 18 heavy (non-hydrogen) atoms. The van der Waals surface area contributed by atoms with Gasteiger partial charge in [0.15, 0.2) is 0 Å². The second-order valence-electron chi connectivity index (χ2n) is 4.73. The maximum atomic E-state index is 7.70. The molecule has 3 nitrogen and oxygen atoms in total. The minimum Gasteiger partial charge on any atom is -0.384 e. The fourth-order valence-corrected chi connectivity index (χ4v) is 2.10. The summed E-state index contributed by atoms with van der Waals surface area (Å²) in [7, 11) is 0. The molecule has 94 valence electrons. The zero-order valence-electron chi connectivity index (χ0n) is 10.7. The van der Waals surface area contributed by atoms with Crippen molar-refractivity contribution in [2.75, 3.05) is 0 Å². The van der Waals surface area contributed by atoms with E-state index in [1.807, 2.05) is 25.1 Å². The molecule has 0 unspecified atom stereocenters. The van der Waals surface area contributed by atoms with Gasteiger partial charge < -0.3 is 5.73 Å². The van der Waals surface area contributed by atoms with Gasteiger partial charge in [-0.1, -0.05) is 31.5 Å². The summed E-state index contributed by atoms with van der Waals surface area (Å²) >= 11 is 6.13.